The Labute approximate surface area is 89.3 Å². The van der Waals surface area contributed by atoms with Crippen LogP contribution in [-0.4, -0.2) is 11.7 Å². The molecule has 14 heavy (non-hydrogen) atoms. The van der Waals surface area contributed by atoms with Crippen LogP contribution < -0.4 is 5.73 Å². The van der Waals surface area contributed by atoms with Gasteiger partial charge in [0.15, 0.2) is 0 Å². The Kier molecular flexibility index (Phi) is 5.69. The third-order valence-electron chi connectivity index (χ3n) is 2.05. The highest BCUT2D eigenvalue weighted by molar-refractivity contribution is 5.85. The molecular weight excluding hydrogens is 205 g/mol. The van der Waals surface area contributed by atoms with Gasteiger partial charge < -0.3 is 10.8 Å². The van der Waals surface area contributed by atoms with Gasteiger partial charge in [-0.15, -0.1) is 12.4 Å². The third-order valence-corrected chi connectivity index (χ3v) is 2.05. The molecule has 0 aliphatic carbocycles. The molecule has 0 fully saturated rings. The van der Waals surface area contributed by atoms with Gasteiger partial charge in [-0.25, -0.2) is 4.39 Å². The van der Waals surface area contributed by atoms with Crippen molar-refractivity contribution >= 4 is 12.4 Å². The van der Waals surface area contributed by atoms with Gasteiger partial charge in [0.1, 0.15) is 5.82 Å². The molecule has 0 bridgehead atoms. The van der Waals surface area contributed by atoms with E-state index in [2.05, 4.69) is 0 Å². The van der Waals surface area contributed by atoms with Crippen molar-refractivity contribution in [3.8, 4) is 0 Å². The fourth-order valence-corrected chi connectivity index (χ4v) is 1.20. The maximum absolute atomic E-state index is 12.9. The Hall–Kier alpha value is -0.640. The van der Waals surface area contributed by atoms with E-state index in [-0.39, 0.29) is 30.9 Å². The highest BCUT2D eigenvalue weighted by atomic mass is 35.5. The number of hydrogen-bond acceptors (Lipinski definition) is 2. The van der Waals surface area contributed by atoms with Crippen LogP contribution in [0.5, 0.6) is 0 Å². The van der Waals surface area contributed by atoms with Crippen molar-refractivity contribution in [2.45, 2.75) is 19.4 Å². The standard InChI is InChI=1S/C10H14FNO.ClH/c1-7-6-8(2-3-9(7)11)10(12)4-5-13;/h2-3,6,10,13H,4-5,12H2,1H3;1H/t10-;/m1./s1. The summed E-state index contributed by atoms with van der Waals surface area (Å²) in [5, 5.41) is 8.67. The molecule has 4 heteroatoms. The summed E-state index contributed by atoms with van der Waals surface area (Å²) in [7, 11) is 0. The van der Waals surface area contributed by atoms with Crippen LogP contribution in [0.2, 0.25) is 0 Å². The SMILES string of the molecule is Cc1cc([C@H](N)CCO)ccc1F.Cl. The number of benzene rings is 1. The molecule has 3 N–H and O–H groups in total. The van der Waals surface area contributed by atoms with E-state index in [4.69, 9.17) is 10.8 Å². The molecule has 0 aliphatic heterocycles. The highest BCUT2D eigenvalue weighted by Gasteiger charge is 2.06. The Morgan fingerprint density at radius 2 is 2.14 bits per heavy atom. The monoisotopic (exact) mass is 219 g/mol. The van der Waals surface area contributed by atoms with Gasteiger partial charge >= 0.3 is 0 Å². The van der Waals surface area contributed by atoms with Crippen molar-refractivity contribution in [2.75, 3.05) is 6.61 Å². The van der Waals surface area contributed by atoms with E-state index in [1.165, 1.54) is 6.07 Å². The van der Waals surface area contributed by atoms with Gasteiger partial charge in [0.25, 0.3) is 0 Å². The van der Waals surface area contributed by atoms with Gasteiger partial charge in [-0.2, -0.15) is 0 Å². The second-order valence-corrected chi connectivity index (χ2v) is 3.13. The highest BCUT2D eigenvalue weighted by Crippen LogP contribution is 2.16. The molecule has 0 aromatic heterocycles. The van der Waals surface area contributed by atoms with Gasteiger partial charge in [0.05, 0.1) is 0 Å². The van der Waals surface area contributed by atoms with E-state index < -0.39 is 0 Å². The first-order valence-electron chi connectivity index (χ1n) is 4.27. The van der Waals surface area contributed by atoms with Crippen molar-refractivity contribution in [1.82, 2.24) is 0 Å². The minimum absolute atomic E-state index is 0. The summed E-state index contributed by atoms with van der Waals surface area (Å²) in [4.78, 5) is 0. The minimum Gasteiger partial charge on any atom is -0.396 e. The molecule has 0 radical (unpaired) electrons. The fourth-order valence-electron chi connectivity index (χ4n) is 1.20. The first kappa shape index (κ1) is 13.4. The fraction of sp³-hybridized carbons (Fsp3) is 0.400. The molecule has 0 heterocycles. The smallest absolute Gasteiger partial charge is 0.126 e. The van der Waals surface area contributed by atoms with Gasteiger partial charge in [0.2, 0.25) is 0 Å². The van der Waals surface area contributed by atoms with Crippen LogP contribution in [0.4, 0.5) is 4.39 Å². The summed E-state index contributed by atoms with van der Waals surface area (Å²) in [6.07, 6.45) is 0.505. The molecule has 0 saturated carbocycles. The van der Waals surface area contributed by atoms with Gasteiger partial charge in [0, 0.05) is 12.6 Å². The molecule has 1 atom stereocenters. The van der Waals surface area contributed by atoms with E-state index in [1.54, 1.807) is 19.1 Å². The number of aliphatic hydroxyl groups is 1. The Bertz CT molecular complexity index is 293. The van der Waals surface area contributed by atoms with Crippen molar-refractivity contribution in [3.63, 3.8) is 0 Å². The molecule has 1 rings (SSSR count). The molecule has 0 amide bonds. The topological polar surface area (TPSA) is 46.2 Å². The second kappa shape index (κ2) is 5.96. The molecule has 1 aromatic rings. The van der Waals surface area contributed by atoms with Crippen LogP contribution in [0, 0.1) is 12.7 Å². The van der Waals surface area contributed by atoms with E-state index >= 15 is 0 Å². The van der Waals surface area contributed by atoms with Crippen molar-refractivity contribution in [1.29, 1.82) is 0 Å². The maximum Gasteiger partial charge on any atom is 0.126 e. The number of hydrogen-bond donors (Lipinski definition) is 2. The molecule has 0 unspecified atom stereocenters. The number of halogens is 2. The lowest BCUT2D eigenvalue weighted by Gasteiger charge is -2.10. The lowest BCUT2D eigenvalue weighted by Crippen LogP contribution is -2.12. The zero-order valence-electron chi connectivity index (χ0n) is 8.03. The molecule has 1 aromatic carbocycles. The number of nitrogens with two attached hydrogens (primary N) is 1. The van der Waals surface area contributed by atoms with Crippen molar-refractivity contribution in [2.24, 2.45) is 5.73 Å². The van der Waals surface area contributed by atoms with Gasteiger partial charge in [-0.1, -0.05) is 12.1 Å². The van der Waals surface area contributed by atoms with Crippen LogP contribution in [0.3, 0.4) is 0 Å². The van der Waals surface area contributed by atoms with Crippen LogP contribution >= 0.6 is 12.4 Å². The predicted molar refractivity (Wildman–Crippen MR) is 57.0 cm³/mol. The van der Waals surface area contributed by atoms with Gasteiger partial charge in [-0.3, -0.25) is 0 Å². The molecule has 0 spiro atoms. The molecule has 80 valence electrons. The van der Waals surface area contributed by atoms with Gasteiger partial charge in [-0.05, 0) is 30.5 Å². The number of rotatable bonds is 3. The zero-order valence-corrected chi connectivity index (χ0v) is 8.85. The van der Waals surface area contributed by atoms with E-state index in [0.717, 1.165) is 5.56 Å². The number of aliphatic hydroxyl groups excluding tert-OH is 1. The third kappa shape index (κ3) is 3.25. The summed E-state index contributed by atoms with van der Waals surface area (Å²) >= 11 is 0. The Balaban J connectivity index is 0.00000169. The Morgan fingerprint density at radius 1 is 1.50 bits per heavy atom. The lowest BCUT2D eigenvalue weighted by atomic mass is 10.0. The normalized spacial score (nSPS) is 12.0. The van der Waals surface area contributed by atoms with E-state index in [0.29, 0.717) is 12.0 Å². The number of aryl methyl sites for hydroxylation is 1. The van der Waals surface area contributed by atoms with Crippen LogP contribution in [-0.2, 0) is 0 Å². The largest absolute Gasteiger partial charge is 0.396 e. The zero-order chi connectivity index (χ0) is 9.84. The maximum atomic E-state index is 12.9. The van der Waals surface area contributed by atoms with Crippen LogP contribution in [0.1, 0.15) is 23.6 Å². The lowest BCUT2D eigenvalue weighted by molar-refractivity contribution is 0.276. The van der Waals surface area contributed by atoms with Crippen LogP contribution in [0.15, 0.2) is 18.2 Å². The van der Waals surface area contributed by atoms with Crippen LogP contribution in [0.25, 0.3) is 0 Å². The van der Waals surface area contributed by atoms with E-state index in [9.17, 15) is 4.39 Å². The first-order chi connectivity index (χ1) is 6.15. The first-order valence-corrected chi connectivity index (χ1v) is 4.27. The molecule has 0 aliphatic rings. The summed E-state index contributed by atoms with van der Waals surface area (Å²) in [5.41, 5.74) is 7.20. The quantitative estimate of drug-likeness (QED) is 0.816. The van der Waals surface area contributed by atoms with Crippen molar-refractivity contribution in [3.05, 3.63) is 35.1 Å². The summed E-state index contributed by atoms with van der Waals surface area (Å²) in [6, 6.07) is 4.57. The summed E-state index contributed by atoms with van der Waals surface area (Å²) in [6.45, 7) is 1.75. The summed E-state index contributed by atoms with van der Waals surface area (Å²) in [5.74, 6) is -0.222. The average Bonchev–Trinajstić information content (AvgIpc) is 2.10. The predicted octanol–water partition coefficient (Wildman–Crippen LogP) is 1.94. The second-order valence-electron chi connectivity index (χ2n) is 3.13. The Morgan fingerprint density at radius 3 is 2.64 bits per heavy atom. The molecule has 0 saturated heterocycles. The average molecular weight is 220 g/mol. The molecular formula is C10H15ClFNO. The summed E-state index contributed by atoms with van der Waals surface area (Å²) < 4.78 is 12.9. The van der Waals surface area contributed by atoms with E-state index in [1.807, 2.05) is 0 Å². The minimum atomic E-state index is -0.222. The van der Waals surface area contributed by atoms with Crippen molar-refractivity contribution < 1.29 is 9.50 Å². The molecule has 2 nitrogen and oxygen atoms in total.